The third kappa shape index (κ3) is 2.24. The SMILES string of the molecule is C[Si](C)(C)c1c(O)c(-c2ccccc2)c[nH]c1=O. The zero-order chi connectivity index (χ0) is 13.3. The fourth-order valence-electron chi connectivity index (χ4n) is 2.05. The maximum atomic E-state index is 11.9. The average Bonchev–Trinajstić information content (AvgIpc) is 2.28. The summed E-state index contributed by atoms with van der Waals surface area (Å²) in [7, 11) is -1.88. The molecule has 0 spiro atoms. The number of nitrogens with one attached hydrogen (secondary N) is 1. The topological polar surface area (TPSA) is 53.1 Å². The van der Waals surface area contributed by atoms with Crippen LogP contribution in [-0.2, 0) is 0 Å². The van der Waals surface area contributed by atoms with Gasteiger partial charge in [-0.15, -0.1) is 0 Å². The number of benzene rings is 1. The van der Waals surface area contributed by atoms with E-state index in [1.807, 2.05) is 50.0 Å². The van der Waals surface area contributed by atoms with Gasteiger partial charge in [0.2, 0.25) is 0 Å². The van der Waals surface area contributed by atoms with Crippen LogP contribution in [0.5, 0.6) is 5.75 Å². The van der Waals surface area contributed by atoms with Gasteiger partial charge in [-0.25, -0.2) is 0 Å². The molecule has 4 heteroatoms. The van der Waals surface area contributed by atoms with Crippen LogP contribution in [0.2, 0.25) is 19.6 Å². The second-order valence-electron chi connectivity index (χ2n) is 5.37. The molecule has 1 heterocycles. The molecule has 0 saturated heterocycles. The monoisotopic (exact) mass is 259 g/mol. The number of pyridine rings is 1. The summed E-state index contributed by atoms with van der Waals surface area (Å²) in [6.45, 7) is 6.14. The lowest BCUT2D eigenvalue weighted by Gasteiger charge is -2.18. The minimum atomic E-state index is -1.88. The van der Waals surface area contributed by atoms with Crippen LogP contribution in [0.1, 0.15) is 0 Å². The van der Waals surface area contributed by atoms with Gasteiger partial charge in [-0.3, -0.25) is 4.79 Å². The molecule has 0 aliphatic carbocycles. The van der Waals surface area contributed by atoms with Crippen molar-refractivity contribution in [2.75, 3.05) is 0 Å². The highest BCUT2D eigenvalue weighted by atomic mass is 28.3. The first-order valence-electron chi connectivity index (χ1n) is 5.92. The Kier molecular flexibility index (Phi) is 3.13. The van der Waals surface area contributed by atoms with Crippen molar-refractivity contribution in [2.45, 2.75) is 19.6 Å². The summed E-state index contributed by atoms with van der Waals surface area (Å²) in [5, 5.41) is 10.9. The lowest BCUT2D eigenvalue weighted by atomic mass is 10.1. The number of aromatic amines is 1. The Morgan fingerprint density at radius 2 is 1.72 bits per heavy atom. The van der Waals surface area contributed by atoms with E-state index in [-0.39, 0.29) is 11.3 Å². The van der Waals surface area contributed by atoms with Gasteiger partial charge >= 0.3 is 0 Å². The van der Waals surface area contributed by atoms with E-state index in [0.29, 0.717) is 10.8 Å². The van der Waals surface area contributed by atoms with Crippen LogP contribution in [0.25, 0.3) is 11.1 Å². The summed E-state index contributed by atoms with van der Waals surface area (Å²) >= 11 is 0. The maximum absolute atomic E-state index is 11.9. The van der Waals surface area contributed by atoms with Crippen molar-refractivity contribution in [3.63, 3.8) is 0 Å². The number of hydrogen-bond acceptors (Lipinski definition) is 2. The molecule has 2 rings (SSSR count). The average molecular weight is 259 g/mol. The Balaban J connectivity index is 2.70. The molecule has 1 aromatic carbocycles. The molecule has 18 heavy (non-hydrogen) atoms. The van der Waals surface area contributed by atoms with E-state index in [0.717, 1.165) is 5.56 Å². The highest BCUT2D eigenvalue weighted by Crippen LogP contribution is 2.26. The Morgan fingerprint density at radius 3 is 2.28 bits per heavy atom. The summed E-state index contributed by atoms with van der Waals surface area (Å²) in [6.07, 6.45) is 1.58. The molecule has 0 amide bonds. The molecule has 0 bridgehead atoms. The van der Waals surface area contributed by atoms with Crippen molar-refractivity contribution in [1.82, 2.24) is 4.98 Å². The highest BCUT2D eigenvalue weighted by Gasteiger charge is 2.26. The number of rotatable bonds is 2. The lowest BCUT2D eigenvalue weighted by Crippen LogP contribution is -2.48. The van der Waals surface area contributed by atoms with E-state index in [2.05, 4.69) is 4.98 Å². The summed E-state index contributed by atoms with van der Waals surface area (Å²) < 4.78 is 0. The van der Waals surface area contributed by atoms with Crippen molar-refractivity contribution in [3.8, 4) is 16.9 Å². The van der Waals surface area contributed by atoms with Gasteiger partial charge in [0.1, 0.15) is 5.75 Å². The van der Waals surface area contributed by atoms with Gasteiger partial charge in [-0.1, -0.05) is 50.0 Å². The smallest absolute Gasteiger partial charge is 0.250 e. The molecule has 1 aromatic heterocycles. The first kappa shape index (κ1) is 12.6. The second kappa shape index (κ2) is 4.46. The summed E-state index contributed by atoms with van der Waals surface area (Å²) in [5.41, 5.74) is 1.42. The largest absolute Gasteiger partial charge is 0.507 e. The van der Waals surface area contributed by atoms with Crippen molar-refractivity contribution >= 4 is 13.3 Å². The van der Waals surface area contributed by atoms with Crippen LogP contribution < -0.4 is 10.7 Å². The molecule has 0 radical (unpaired) electrons. The van der Waals surface area contributed by atoms with E-state index < -0.39 is 8.07 Å². The molecular formula is C14H17NO2Si. The van der Waals surface area contributed by atoms with Gasteiger partial charge in [-0.2, -0.15) is 0 Å². The van der Waals surface area contributed by atoms with Crippen molar-refractivity contribution < 1.29 is 5.11 Å². The molecule has 0 atom stereocenters. The zero-order valence-electron chi connectivity index (χ0n) is 10.8. The van der Waals surface area contributed by atoms with Gasteiger partial charge in [-0.05, 0) is 5.56 Å². The van der Waals surface area contributed by atoms with Crippen molar-refractivity contribution in [1.29, 1.82) is 0 Å². The number of H-pyrrole nitrogens is 1. The van der Waals surface area contributed by atoms with Crippen LogP contribution >= 0.6 is 0 Å². The van der Waals surface area contributed by atoms with Crippen LogP contribution in [0.15, 0.2) is 41.3 Å². The molecule has 0 aliphatic heterocycles. The third-order valence-electron chi connectivity index (χ3n) is 2.90. The lowest BCUT2D eigenvalue weighted by molar-refractivity contribution is 0.480. The normalized spacial score (nSPS) is 11.5. The standard InChI is InChI=1S/C14H17NO2Si/c1-18(2,3)13-12(16)11(9-15-14(13)17)10-7-5-4-6-8-10/h4-9H,1-3H3,(H2,15,16,17). The van der Waals surface area contributed by atoms with Crippen molar-refractivity contribution in [2.24, 2.45) is 0 Å². The molecule has 94 valence electrons. The zero-order valence-corrected chi connectivity index (χ0v) is 11.8. The Labute approximate surface area is 107 Å². The van der Waals surface area contributed by atoms with E-state index in [9.17, 15) is 9.90 Å². The first-order chi connectivity index (χ1) is 8.41. The molecule has 2 aromatic rings. The van der Waals surface area contributed by atoms with Crippen LogP contribution in [0.4, 0.5) is 0 Å². The molecule has 0 unspecified atom stereocenters. The predicted molar refractivity (Wildman–Crippen MR) is 77.1 cm³/mol. The first-order valence-corrected chi connectivity index (χ1v) is 9.42. The highest BCUT2D eigenvalue weighted by molar-refractivity contribution is 6.89. The van der Waals surface area contributed by atoms with Gasteiger partial charge < -0.3 is 10.1 Å². The van der Waals surface area contributed by atoms with Crippen LogP contribution in [0, 0.1) is 0 Å². The molecule has 0 aliphatic rings. The van der Waals surface area contributed by atoms with E-state index in [1.54, 1.807) is 6.20 Å². The quantitative estimate of drug-likeness (QED) is 0.813. The summed E-state index contributed by atoms with van der Waals surface area (Å²) in [5.74, 6) is 0.129. The van der Waals surface area contributed by atoms with Crippen molar-refractivity contribution in [3.05, 3.63) is 46.9 Å². The summed E-state index contributed by atoms with van der Waals surface area (Å²) in [4.78, 5) is 14.6. The van der Waals surface area contributed by atoms with E-state index in [4.69, 9.17) is 0 Å². The molecule has 0 fully saturated rings. The van der Waals surface area contributed by atoms with Gasteiger partial charge in [0.15, 0.2) is 0 Å². The Hall–Kier alpha value is -1.81. The van der Waals surface area contributed by atoms with Gasteiger partial charge in [0.25, 0.3) is 5.56 Å². The number of hydrogen-bond donors (Lipinski definition) is 2. The molecule has 2 N–H and O–H groups in total. The van der Waals surface area contributed by atoms with Gasteiger partial charge in [0.05, 0.1) is 8.07 Å². The fraction of sp³-hybridized carbons (Fsp3) is 0.214. The third-order valence-corrected chi connectivity index (χ3v) is 4.87. The van der Waals surface area contributed by atoms with Crippen LogP contribution in [0.3, 0.4) is 0 Å². The molecule has 0 saturated carbocycles. The fourth-order valence-corrected chi connectivity index (χ4v) is 3.65. The molecule has 3 nitrogen and oxygen atoms in total. The number of aromatic nitrogens is 1. The summed E-state index contributed by atoms with van der Waals surface area (Å²) in [6, 6.07) is 9.58. The Morgan fingerprint density at radius 1 is 1.11 bits per heavy atom. The van der Waals surface area contributed by atoms with E-state index in [1.165, 1.54) is 0 Å². The minimum absolute atomic E-state index is 0.129. The predicted octanol–water partition coefficient (Wildman–Crippen LogP) is 2.29. The second-order valence-corrected chi connectivity index (χ2v) is 10.4. The minimum Gasteiger partial charge on any atom is -0.507 e. The van der Waals surface area contributed by atoms with Gasteiger partial charge in [0, 0.05) is 16.9 Å². The molecular weight excluding hydrogens is 242 g/mol. The van der Waals surface area contributed by atoms with Crippen LogP contribution in [-0.4, -0.2) is 18.2 Å². The van der Waals surface area contributed by atoms with E-state index >= 15 is 0 Å². The number of aromatic hydroxyl groups is 1. The maximum Gasteiger partial charge on any atom is 0.250 e. The Bertz CT molecular complexity index is 612.